The number of aliphatic carboxylic acids is 1. The maximum absolute atomic E-state index is 15.2. The molecule has 15 nitrogen and oxygen atoms in total. The van der Waals surface area contributed by atoms with E-state index in [0.717, 1.165) is 63.8 Å². The van der Waals surface area contributed by atoms with E-state index >= 15 is 4.79 Å². The van der Waals surface area contributed by atoms with Crippen LogP contribution in [-0.2, 0) is 48.5 Å². The lowest BCUT2D eigenvalue weighted by molar-refractivity contribution is -0.147. The first-order valence-electron chi connectivity index (χ1n) is 24.1. The molecule has 3 heterocycles. The summed E-state index contributed by atoms with van der Waals surface area (Å²) in [6.45, 7) is 9.45. The topological polar surface area (TPSA) is 208 Å². The van der Waals surface area contributed by atoms with Gasteiger partial charge in [-0.1, -0.05) is 85.6 Å². The summed E-state index contributed by atoms with van der Waals surface area (Å²) in [5.74, 6) is -2.12. The summed E-state index contributed by atoms with van der Waals surface area (Å²) in [7, 11) is -4.18. The number of carbonyl (C=O) groups is 4. The number of likely N-dealkylation sites (tertiary alicyclic amines) is 1. The first kappa shape index (κ1) is 47.6. The van der Waals surface area contributed by atoms with E-state index in [1.54, 1.807) is 18.7 Å². The number of nitrogens with zero attached hydrogens (tertiary/aromatic N) is 2. The minimum atomic E-state index is -4.18. The highest BCUT2D eigenvalue weighted by atomic mass is 32.2. The van der Waals surface area contributed by atoms with Crippen molar-refractivity contribution in [3.05, 3.63) is 117 Å². The number of benzene rings is 4. The fraction of sp³-hybridized carbons (Fsp3) is 0.453. The van der Waals surface area contributed by atoms with Gasteiger partial charge in [0.15, 0.2) is 0 Å². The molecule has 2 aliphatic carbocycles. The highest BCUT2D eigenvalue weighted by molar-refractivity contribution is 7.90. The Morgan fingerprint density at radius 3 is 2.23 bits per heavy atom. The van der Waals surface area contributed by atoms with Crippen molar-refractivity contribution in [2.75, 3.05) is 13.2 Å². The van der Waals surface area contributed by atoms with Crippen LogP contribution >= 0.6 is 0 Å². The fourth-order valence-electron chi connectivity index (χ4n) is 11.7. The largest absolute Gasteiger partial charge is 0.487 e. The molecule has 0 aromatic heterocycles. The summed E-state index contributed by atoms with van der Waals surface area (Å²) in [6, 6.07) is 20.4. The minimum absolute atomic E-state index is 0.0331. The van der Waals surface area contributed by atoms with Crippen LogP contribution in [0.4, 0.5) is 4.79 Å². The number of fused-ring (bicyclic) bond motifs is 6. The molecule has 5 atom stereocenters. The Morgan fingerprint density at radius 1 is 0.884 bits per heavy atom. The molecule has 0 spiro atoms. The molecule has 1 saturated heterocycles. The van der Waals surface area contributed by atoms with E-state index in [9.17, 15) is 27.9 Å². The molecule has 2 unspecified atom stereocenters. The highest BCUT2D eigenvalue weighted by Crippen LogP contribution is 2.46. The predicted octanol–water partition coefficient (Wildman–Crippen LogP) is 7.01. The van der Waals surface area contributed by atoms with Gasteiger partial charge in [-0.2, -0.15) is 0 Å². The third kappa shape index (κ3) is 9.15. The summed E-state index contributed by atoms with van der Waals surface area (Å²) >= 11 is 0. The third-order valence-electron chi connectivity index (χ3n) is 15.1. The Hall–Kier alpha value is -6.42. The fourth-order valence-corrected chi connectivity index (χ4v) is 13.2. The molecule has 16 heteroatoms. The van der Waals surface area contributed by atoms with E-state index in [1.807, 2.05) is 69.3 Å². The van der Waals surface area contributed by atoms with Gasteiger partial charge in [-0.05, 0) is 123 Å². The van der Waals surface area contributed by atoms with Crippen molar-refractivity contribution < 1.29 is 42.2 Å². The highest BCUT2D eigenvalue weighted by Gasteiger charge is 2.51. The van der Waals surface area contributed by atoms with Crippen molar-refractivity contribution >= 4 is 39.9 Å². The van der Waals surface area contributed by atoms with E-state index in [0.29, 0.717) is 36.1 Å². The molecule has 1 saturated carbocycles. The van der Waals surface area contributed by atoms with Crippen molar-refractivity contribution in [2.45, 2.75) is 140 Å². The van der Waals surface area contributed by atoms with E-state index in [4.69, 9.17) is 14.9 Å². The number of rotatable bonds is 12. The zero-order valence-electron chi connectivity index (χ0n) is 39.9. The van der Waals surface area contributed by atoms with Crippen molar-refractivity contribution in [3.8, 4) is 16.9 Å². The number of nitrogens with one attached hydrogen (secondary N) is 4. The number of guanidine groups is 1. The zero-order chi connectivity index (χ0) is 48.9. The van der Waals surface area contributed by atoms with Gasteiger partial charge in [-0.25, -0.2) is 22.7 Å². The number of carboxylic acids is 1. The van der Waals surface area contributed by atoms with E-state index < -0.39 is 57.7 Å². The van der Waals surface area contributed by atoms with Gasteiger partial charge in [-0.15, -0.1) is 0 Å². The molecular formula is C53H62N6O9S. The van der Waals surface area contributed by atoms with E-state index in [2.05, 4.69) is 39.6 Å². The van der Waals surface area contributed by atoms with Gasteiger partial charge in [-0.3, -0.25) is 19.9 Å². The molecule has 4 aromatic rings. The summed E-state index contributed by atoms with van der Waals surface area (Å²) in [5.41, 5.74) is 8.35. The summed E-state index contributed by atoms with van der Waals surface area (Å²) in [5, 5.41) is 24.2. The number of sulfonamides is 1. The Kier molecular flexibility index (Phi) is 13.0. The Balaban J connectivity index is 0.865. The van der Waals surface area contributed by atoms with Gasteiger partial charge in [0, 0.05) is 36.9 Å². The van der Waals surface area contributed by atoms with Crippen LogP contribution in [0.5, 0.6) is 5.75 Å². The van der Waals surface area contributed by atoms with E-state index in [-0.39, 0.29) is 67.6 Å². The van der Waals surface area contributed by atoms with Gasteiger partial charge in [0.25, 0.3) is 10.0 Å². The second-order valence-electron chi connectivity index (χ2n) is 20.0. The Bertz CT molecular complexity index is 2800. The maximum atomic E-state index is 15.2. The molecule has 0 radical (unpaired) electrons. The average molecular weight is 959 g/mol. The lowest BCUT2D eigenvalue weighted by Gasteiger charge is -2.41. The van der Waals surface area contributed by atoms with Crippen LogP contribution in [-0.4, -0.2) is 96.1 Å². The SMILES string of the molecule is Cc1c(C)c(S(=O)(=O)NC(=N)NCCC[C@H](NC(=O)[C@@H]2CC3CCCCC3N2C(=O)[C@H]2Cc3ccccc3CN2C(=O)OCC2c3ccccc3-c3ccccc32)C(=O)O)c(C)c2c1OC(C)(C)C2. The number of amides is 3. The van der Waals surface area contributed by atoms with Crippen LogP contribution in [0.1, 0.15) is 109 Å². The summed E-state index contributed by atoms with van der Waals surface area (Å²) < 4.78 is 42.0. The van der Waals surface area contributed by atoms with Crippen LogP contribution in [0.2, 0.25) is 0 Å². The molecule has 5 N–H and O–H groups in total. The van der Waals surface area contributed by atoms with Crippen molar-refractivity contribution in [3.63, 3.8) is 0 Å². The first-order chi connectivity index (χ1) is 32.9. The molecule has 3 aliphatic heterocycles. The van der Waals surface area contributed by atoms with E-state index in [1.165, 1.54) is 4.90 Å². The van der Waals surface area contributed by atoms with Crippen molar-refractivity contribution in [1.29, 1.82) is 5.41 Å². The summed E-state index contributed by atoms with van der Waals surface area (Å²) in [4.78, 5) is 59.8. The zero-order valence-corrected chi connectivity index (χ0v) is 40.7. The lowest BCUT2D eigenvalue weighted by atomic mass is 9.84. The number of ether oxygens (including phenoxy) is 2. The number of carbonyl (C=O) groups excluding carboxylic acids is 3. The predicted molar refractivity (Wildman–Crippen MR) is 259 cm³/mol. The van der Waals surface area contributed by atoms with Crippen molar-refractivity contribution in [2.24, 2.45) is 5.92 Å². The number of hydrogen-bond acceptors (Lipinski definition) is 9. The Labute approximate surface area is 403 Å². The van der Waals surface area contributed by atoms with Gasteiger partial charge < -0.3 is 30.1 Å². The van der Waals surface area contributed by atoms with Crippen LogP contribution in [0.3, 0.4) is 0 Å². The van der Waals surface area contributed by atoms with Crippen LogP contribution in [0.15, 0.2) is 77.7 Å². The molecule has 69 heavy (non-hydrogen) atoms. The standard InChI is InChI=1S/C53H62N6O9S/c1-30-31(2)47(32(3)40-27-53(4,5)68-46(30)40)69(65,66)57-51(54)55-24-14-22-42(50(62)63)56-48(60)44-26-34-16-8-13-23-43(34)59(44)49(61)45-25-33-15-6-7-17-35(33)28-58(45)52(64)67-29-41-38-20-11-9-18-36(38)37-19-10-12-21-39(37)41/h6-7,9-12,15,17-21,34,41-45H,8,13-14,16,22-29H2,1-5H3,(H,56,60)(H,62,63)(H3,54,55,57)/t34?,42-,43?,44-,45+/m0/s1. The number of hydrogen-bond donors (Lipinski definition) is 5. The molecule has 9 rings (SSSR count). The number of carboxylic acid groups (broad SMARTS) is 1. The molecular weight excluding hydrogens is 897 g/mol. The van der Waals surface area contributed by atoms with Gasteiger partial charge in [0.2, 0.25) is 17.8 Å². The molecule has 0 bridgehead atoms. The smallest absolute Gasteiger partial charge is 0.410 e. The molecule has 2 fully saturated rings. The lowest BCUT2D eigenvalue weighted by Crippen LogP contribution is -2.59. The van der Waals surface area contributed by atoms with Gasteiger partial charge >= 0.3 is 12.1 Å². The second kappa shape index (κ2) is 18.8. The second-order valence-corrected chi connectivity index (χ2v) is 21.6. The van der Waals surface area contributed by atoms with Gasteiger partial charge in [0.05, 0.1) is 11.4 Å². The van der Waals surface area contributed by atoms with Crippen LogP contribution in [0, 0.1) is 32.1 Å². The normalized spacial score (nSPS) is 21.4. The van der Waals surface area contributed by atoms with Gasteiger partial charge in [0.1, 0.15) is 36.1 Å². The minimum Gasteiger partial charge on any atom is -0.487 e. The molecule has 3 amide bonds. The van der Waals surface area contributed by atoms with Crippen molar-refractivity contribution in [1.82, 2.24) is 25.2 Å². The summed E-state index contributed by atoms with van der Waals surface area (Å²) in [6.07, 6.45) is 4.00. The quantitative estimate of drug-likeness (QED) is 0.0558. The van der Waals surface area contributed by atoms with Crippen LogP contribution in [0.25, 0.3) is 11.1 Å². The first-order valence-corrected chi connectivity index (χ1v) is 25.6. The third-order valence-corrected chi connectivity index (χ3v) is 16.8. The molecule has 364 valence electrons. The maximum Gasteiger partial charge on any atom is 0.410 e. The molecule has 4 aromatic carbocycles. The Morgan fingerprint density at radius 2 is 1.54 bits per heavy atom. The average Bonchev–Trinajstić information content (AvgIpc) is 3.99. The molecule has 5 aliphatic rings. The van der Waals surface area contributed by atoms with Crippen LogP contribution < -0.4 is 20.1 Å². The monoisotopic (exact) mass is 958 g/mol.